The molecule has 5 heteroatoms. The third-order valence-corrected chi connectivity index (χ3v) is 5.13. The van der Waals surface area contributed by atoms with Gasteiger partial charge >= 0.3 is 0 Å². The van der Waals surface area contributed by atoms with Crippen LogP contribution >= 0.6 is 0 Å². The molecule has 3 rings (SSSR count). The zero-order chi connectivity index (χ0) is 14.7. The molecule has 2 aliphatic rings. The third kappa shape index (κ3) is 3.12. The molecule has 0 radical (unpaired) electrons. The standard InChI is InChI=1S/C16H25N3O2/c1-21-8-7-19-12-17-10-13(19)11-18-15(20)14-9-16(14)5-3-2-4-6-16/h10,12,14H,2-9,11H2,1H3,(H,18,20). The zero-order valence-electron chi connectivity index (χ0n) is 12.8. The van der Waals surface area contributed by atoms with Crippen LogP contribution < -0.4 is 5.32 Å². The molecule has 2 saturated carbocycles. The lowest BCUT2D eigenvalue weighted by atomic mass is 9.84. The van der Waals surface area contributed by atoms with Crippen LogP contribution in [0, 0.1) is 11.3 Å². The zero-order valence-corrected chi connectivity index (χ0v) is 12.8. The number of carbonyl (C=O) groups is 1. The lowest BCUT2D eigenvalue weighted by molar-refractivity contribution is -0.123. The molecule has 1 atom stereocenters. The quantitative estimate of drug-likeness (QED) is 0.873. The van der Waals surface area contributed by atoms with Crippen molar-refractivity contribution >= 4 is 5.91 Å². The maximum absolute atomic E-state index is 12.3. The van der Waals surface area contributed by atoms with E-state index in [4.69, 9.17) is 4.74 Å². The molecule has 1 aromatic heterocycles. The van der Waals surface area contributed by atoms with Gasteiger partial charge in [0.2, 0.25) is 5.91 Å². The second-order valence-electron chi connectivity index (χ2n) is 6.47. The summed E-state index contributed by atoms with van der Waals surface area (Å²) in [6.45, 7) is 1.99. The summed E-state index contributed by atoms with van der Waals surface area (Å²) < 4.78 is 7.12. The Morgan fingerprint density at radius 2 is 2.29 bits per heavy atom. The van der Waals surface area contributed by atoms with Crippen LogP contribution in [0.25, 0.3) is 0 Å². The Balaban J connectivity index is 1.49. The molecule has 2 fully saturated rings. The van der Waals surface area contributed by atoms with Crippen LogP contribution in [0.2, 0.25) is 0 Å². The fourth-order valence-electron chi connectivity index (χ4n) is 3.71. The van der Waals surface area contributed by atoms with Gasteiger partial charge in [0.15, 0.2) is 0 Å². The van der Waals surface area contributed by atoms with Crippen molar-refractivity contribution in [2.45, 2.75) is 51.6 Å². The van der Waals surface area contributed by atoms with E-state index in [1.807, 2.05) is 10.8 Å². The molecular formula is C16H25N3O2. The monoisotopic (exact) mass is 291 g/mol. The number of hydrogen-bond acceptors (Lipinski definition) is 3. The average Bonchev–Trinajstić information content (AvgIpc) is 3.00. The summed E-state index contributed by atoms with van der Waals surface area (Å²) in [4.78, 5) is 16.5. The van der Waals surface area contributed by atoms with E-state index >= 15 is 0 Å². The normalized spacial score (nSPS) is 23.2. The van der Waals surface area contributed by atoms with Crippen LogP contribution in [0.1, 0.15) is 44.2 Å². The van der Waals surface area contributed by atoms with Crippen LogP contribution in [-0.4, -0.2) is 29.2 Å². The van der Waals surface area contributed by atoms with Crippen molar-refractivity contribution < 1.29 is 9.53 Å². The first-order valence-corrected chi connectivity index (χ1v) is 8.01. The first-order chi connectivity index (χ1) is 10.2. The molecule has 0 aromatic carbocycles. The minimum absolute atomic E-state index is 0.233. The minimum atomic E-state index is 0.233. The highest BCUT2D eigenvalue weighted by Crippen LogP contribution is 2.61. The van der Waals surface area contributed by atoms with Gasteiger partial charge < -0.3 is 14.6 Å². The molecule has 1 spiro atoms. The van der Waals surface area contributed by atoms with Crippen LogP contribution in [0.3, 0.4) is 0 Å². The molecule has 116 valence electrons. The van der Waals surface area contributed by atoms with Gasteiger partial charge in [-0.05, 0) is 24.7 Å². The number of imidazole rings is 1. The number of amides is 1. The fourth-order valence-corrected chi connectivity index (χ4v) is 3.71. The highest BCUT2D eigenvalue weighted by molar-refractivity contribution is 5.82. The predicted molar refractivity (Wildman–Crippen MR) is 79.6 cm³/mol. The molecule has 1 heterocycles. The SMILES string of the molecule is COCCn1cncc1CNC(=O)C1CC12CCCCC2. The van der Waals surface area contributed by atoms with E-state index in [0.717, 1.165) is 18.7 Å². The Hall–Kier alpha value is -1.36. The van der Waals surface area contributed by atoms with Crippen molar-refractivity contribution in [1.82, 2.24) is 14.9 Å². The number of nitrogens with one attached hydrogen (secondary N) is 1. The van der Waals surface area contributed by atoms with E-state index in [0.29, 0.717) is 18.6 Å². The Kier molecular flexibility index (Phi) is 4.29. The molecule has 1 unspecified atom stereocenters. The van der Waals surface area contributed by atoms with Crippen molar-refractivity contribution in [3.05, 3.63) is 18.2 Å². The van der Waals surface area contributed by atoms with Crippen LogP contribution in [0.15, 0.2) is 12.5 Å². The van der Waals surface area contributed by atoms with Gasteiger partial charge in [-0.15, -0.1) is 0 Å². The number of methoxy groups -OCH3 is 1. The van der Waals surface area contributed by atoms with Gasteiger partial charge in [-0.25, -0.2) is 4.98 Å². The molecule has 2 aliphatic carbocycles. The maximum atomic E-state index is 12.3. The topological polar surface area (TPSA) is 56.1 Å². The second kappa shape index (κ2) is 6.18. The fraction of sp³-hybridized carbons (Fsp3) is 0.750. The lowest BCUT2D eigenvalue weighted by Crippen LogP contribution is -2.28. The summed E-state index contributed by atoms with van der Waals surface area (Å²) in [5.41, 5.74) is 1.40. The molecular weight excluding hydrogens is 266 g/mol. The third-order valence-electron chi connectivity index (χ3n) is 5.13. The van der Waals surface area contributed by atoms with Gasteiger partial charge in [-0.1, -0.05) is 19.3 Å². The Bertz CT molecular complexity index is 491. The molecule has 5 nitrogen and oxygen atoms in total. The number of carbonyl (C=O) groups excluding carboxylic acids is 1. The first kappa shape index (κ1) is 14.6. The number of aromatic nitrogens is 2. The van der Waals surface area contributed by atoms with E-state index in [1.165, 1.54) is 32.1 Å². The molecule has 0 saturated heterocycles. The van der Waals surface area contributed by atoms with Gasteiger partial charge in [-0.2, -0.15) is 0 Å². The van der Waals surface area contributed by atoms with Crippen molar-refractivity contribution in [3.8, 4) is 0 Å². The second-order valence-corrected chi connectivity index (χ2v) is 6.47. The predicted octanol–water partition coefficient (Wildman–Crippen LogP) is 2.12. The van der Waals surface area contributed by atoms with E-state index in [-0.39, 0.29) is 11.8 Å². The highest BCUT2D eigenvalue weighted by Gasteiger charge is 2.57. The Morgan fingerprint density at radius 1 is 1.48 bits per heavy atom. The van der Waals surface area contributed by atoms with Crippen molar-refractivity contribution in [2.24, 2.45) is 11.3 Å². The van der Waals surface area contributed by atoms with Crippen molar-refractivity contribution in [1.29, 1.82) is 0 Å². The summed E-state index contributed by atoms with van der Waals surface area (Å²) in [7, 11) is 1.69. The van der Waals surface area contributed by atoms with Crippen LogP contribution in [0.4, 0.5) is 0 Å². The molecule has 0 aliphatic heterocycles. The summed E-state index contributed by atoms with van der Waals surface area (Å²) in [6, 6.07) is 0. The van der Waals surface area contributed by atoms with Crippen molar-refractivity contribution in [2.75, 3.05) is 13.7 Å². The number of rotatable bonds is 6. The van der Waals surface area contributed by atoms with Crippen LogP contribution in [0.5, 0.6) is 0 Å². The molecule has 1 N–H and O–H groups in total. The van der Waals surface area contributed by atoms with Crippen molar-refractivity contribution in [3.63, 3.8) is 0 Å². The van der Waals surface area contributed by atoms with Gasteiger partial charge in [0.1, 0.15) is 0 Å². The lowest BCUT2D eigenvalue weighted by Gasteiger charge is -2.22. The molecule has 1 aromatic rings. The van der Waals surface area contributed by atoms with Gasteiger partial charge in [-0.3, -0.25) is 4.79 Å². The minimum Gasteiger partial charge on any atom is -0.383 e. The smallest absolute Gasteiger partial charge is 0.224 e. The van der Waals surface area contributed by atoms with E-state index < -0.39 is 0 Å². The van der Waals surface area contributed by atoms with E-state index in [9.17, 15) is 4.79 Å². The Labute approximate surface area is 126 Å². The summed E-state index contributed by atoms with van der Waals surface area (Å²) in [6.07, 6.45) is 11.1. The molecule has 1 amide bonds. The average molecular weight is 291 g/mol. The first-order valence-electron chi connectivity index (χ1n) is 8.01. The van der Waals surface area contributed by atoms with Gasteiger partial charge in [0, 0.05) is 25.8 Å². The van der Waals surface area contributed by atoms with E-state index in [2.05, 4.69) is 10.3 Å². The number of ether oxygens (including phenoxy) is 1. The highest BCUT2D eigenvalue weighted by atomic mass is 16.5. The van der Waals surface area contributed by atoms with Gasteiger partial charge in [0.25, 0.3) is 0 Å². The number of nitrogens with zero attached hydrogens (tertiary/aromatic N) is 2. The summed E-state index contributed by atoms with van der Waals surface area (Å²) >= 11 is 0. The largest absolute Gasteiger partial charge is 0.383 e. The Morgan fingerprint density at radius 3 is 3.05 bits per heavy atom. The summed E-state index contributed by atoms with van der Waals surface area (Å²) in [5, 5.41) is 3.09. The van der Waals surface area contributed by atoms with Gasteiger partial charge in [0.05, 0.1) is 25.2 Å². The van der Waals surface area contributed by atoms with Crippen LogP contribution in [-0.2, 0) is 22.6 Å². The molecule has 21 heavy (non-hydrogen) atoms. The maximum Gasteiger partial charge on any atom is 0.224 e. The van der Waals surface area contributed by atoms with E-state index in [1.54, 1.807) is 13.4 Å². The number of hydrogen-bond donors (Lipinski definition) is 1. The molecule has 0 bridgehead atoms. The summed E-state index contributed by atoms with van der Waals surface area (Å²) in [5.74, 6) is 0.490.